The number of nitrogens with zero attached hydrogens (tertiary/aromatic N) is 2. The Morgan fingerprint density at radius 1 is 1.02 bits per heavy atom. The summed E-state index contributed by atoms with van der Waals surface area (Å²) < 4.78 is 5.95. The van der Waals surface area contributed by atoms with E-state index in [9.17, 15) is 19.5 Å². The van der Waals surface area contributed by atoms with Crippen LogP contribution in [0.15, 0.2) is 48.5 Å². The summed E-state index contributed by atoms with van der Waals surface area (Å²) in [6.07, 6.45) is 3.53. The first kappa shape index (κ1) is 32.5. The number of unbranched alkanes of at least 4 members (excludes halogenated alkanes) is 1. The minimum Gasteiger partial charge on any atom is -0.489 e. The maximum Gasteiger partial charge on any atom is 0.251 e. The van der Waals surface area contributed by atoms with Gasteiger partial charge in [0, 0.05) is 38.8 Å². The molecule has 3 N–H and O–H groups in total. The molecule has 234 valence electrons. The SMILES string of the molecule is CCCCN1C(=O)[C@@H]([C@H](O)C(CC)CC)NC(=O)C12CCN(Cc1ccc(OCc3ccc(C(=O)NC)cc3)cc1)CC2. The Morgan fingerprint density at radius 2 is 1.65 bits per heavy atom. The molecule has 4 rings (SSSR count). The van der Waals surface area contributed by atoms with Crippen LogP contribution in [0.25, 0.3) is 0 Å². The van der Waals surface area contributed by atoms with Gasteiger partial charge in [-0.2, -0.15) is 0 Å². The average Bonchev–Trinajstić information content (AvgIpc) is 3.03. The molecule has 1 spiro atoms. The number of aliphatic hydroxyl groups excluding tert-OH is 1. The molecule has 43 heavy (non-hydrogen) atoms. The molecule has 2 aromatic carbocycles. The summed E-state index contributed by atoms with van der Waals surface area (Å²) in [5, 5.41) is 16.6. The summed E-state index contributed by atoms with van der Waals surface area (Å²) in [5.74, 6) is 0.362. The highest BCUT2D eigenvalue weighted by atomic mass is 16.5. The lowest BCUT2D eigenvalue weighted by Gasteiger charge is -2.52. The van der Waals surface area contributed by atoms with Crippen molar-refractivity contribution in [2.24, 2.45) is 5.92 Å². The second kappa shape index (κ2) is 14.8. The van der Waals surface area contributed by atoms with Crippen LogP contribution in [0, 0.1) is 5.92 Å². The standard InChI is InChI=1S/C34H48N4O5/c1-5-8-19-38-32(41)29(30(39)26(6-2)7-3)36-33(42)34(38)17-20-37(21-18-34)22-24-11-15-28(16-12-24)43-23-25-9-13-27(14-10-25)31(40)35-4/h9-16,26,29-30,39H,5-8,17-23H2,1-4H3,(H,35,40)(H,36,42)/t29-,30-/m1/s1. The van der Waals surface area contributed by atoms with Crippen molar-refractivity contribution in [3.63, 3.8) is 0 Å². The molecule has 0 aliphatic carbocycles. The minimum atomic E-state index is -0.880. The van der Waals surface area contributed by atoms with E-state index in [4.69, 9.17) is 4.74 Å². The van der Waals surface area contributed by atoms with Gasteiger partial charge in [0.25, 0.3) is 5.91 Å². The first-order valence-electron chi connectivity index (χ1n) is 15.8. The minimum absolute atomic E-state index is 0.0308. The van der Waals surface area contributed by atoms with E-state index in [1.807, 2.05) is 38.1 Å². The Labute approximate surface area is 256 Å². The van der Waals surface area contributed by atoms with Gasteiger partial charge >= 0.3 is 0 Å². The van der Waals surface area contributed by atoms with E-state index >= 15 is 0 Å². The molecular weight excluding hydrogens is 544 g/mol. The first-order valence-corrected chi connectivity index (χ1v) is 15.8. The lowest BCUT2D eigenvalue weighted by Crippen LogP contribution is -2.75. The third kappa shape index (κ3) is 7.39. The highest BCUT2D eigenvalue weighted by molar-refractivity contribution is 6.00. The number of carbonyl (C=O) groups is 3. The van der Waals surface area contributed by atoms with Gasteiger partial charge in [-0.1, -0.05) is 64.3 Å². The molecule has 0 saturated carbocycles. The van der Waals surface area contributed by atoms with Crippen LogP contribution < -0.4 is 15.4 Å². The number of amides is 3. The number of carbonyl (C=O) groups excluding carboxylic acids is 3. The molecule has 2 aliphatic heterocycles. The van der Waals surface area contributed by atoms with Crippen LogP contribution in [-0.2, 0) is 22.7 Å². The zero-order valence-corrected chi connectivity index (χ0v) is 26.1. The van der Waals surface area contributed by atoms with Crippen LogP contribution in [0.2, 0.25) is 0 Å². The molecule has 2 atom stereocenters. The van der Waals surface area contributed by atoms with E-state index < -0.39 is 17.7 Å². The number of piperazine rings is 1. The van der Waals surface area contributed by atoms with Crippen LogP contribution in [0.3, 0.4) is 0 Å². The fourth-order valence-electron chi connectivity index (χ4n) is 6.35. The van der Waals surface area contributed by atoms with E-state index in [1.165, 1.54) is 0 Å². The Kier molecular flexibility index (Phi) is 11.2. The van der Waals surface area contributed by atoms with E-state index in [0.717, 1.165) is 49.1 Å². The molecule has 0 aromatic heterocycles. The molecule has 0 bridgehead atoms. The lowest BCUT2D eigenvalue weighted by atomic mass is 9.79. The van der Waals surface area contributed by atoms with Gasteiger partial charge in [-0.25, -0.2) is 0 Å². The molecule has 2 fully saturated rings. The molecule has 9 nitrogen and oxygen atoms in total. The predicted octanol–water partition coefficient (Wildman–Crippen LogP) is 3.88. The summed E-state index contributed by atoms with van der Waals surface area (Å²) in [5.41, 5.74) is 1.89. The van der Waals surface area contributed by atoms with Crippen molar-refractivity contribution in [2.45, 2.75) is 90.1 Å². The van der Waals surface area contributed by atoms with Crippen molar-refractivity contribution >= 4 is 17.7 Å². The van der Waals surface area contributed by atoms with Crippen molar-refractivity contribution < 1.29 is 24.2 Å². The monoisotopic (exact) mass is 592 g/mol. The fraction of sp³-hybridized carbons (Fsp3) is 0.559. The molecule has 2 saturated heterocycles. The first-order chi connectivity index (χ1) is 20.8. The van der Waals surface area contributed by atoms with Gasteiger partial charge in [-0.3, -0.25) is 19.3 Å². The number of likely N-dealkylation sites (tertiary alicyclic amines) is 1. The molecule has 2 heterocycles. The van der Waals surface area contributed by atoms with Crippen LogP contribution in [0.1, 0.15) is 80.8 Å². The summed E-state index contributed by atoms with van der Waals surface area (Å²) >= 11 is 0. The highest BCUT2D eigenvalue weighted by Crippen LogP contribution is 2.35. The lowest BCUT2D eigenvalue weighted by molar-refractivity contribution is -0.165. The molecule has 0 radical (unpaired) electrons. The molecular formula is C34H48N4O5. The maximum atomic E-state index is 13.7. The Hall–Kier alpha value is -3.43. The Bertz CT molecular complexity index is 1220. The number of rotatable bonds is 13. The van der Waals surface area contributed by atoms with Gasteiger partial charge in [-0.15, -0.1) is 0 Å². The number of nitrogens with one attached hydrogen (secondary N) is 2. The predicted molar refractivity (Wildman–Crippen MR) is 166 cm³/mol. The second-order valence-corrected chi connectivity index (χ2v) is 11.9. The quantitative estimate of drug-likeness (QED) is 0.326. The number of piperidine rings is 1. The molecule has 2 aliphatic rings. The summed E-state index contributed by atoms with van der Waals surface area (Å²) in [4.78, 5) is 43.3. The van der Waals surface area contributed by atoms with Crippen LogP contribution in [0.4, 0.5) is 0 Å². The highest BCUT2D eigenvalue weighted by Gasteiger charge is 2.55. The van der Waals surface area contributed by atoms with Crippen molar-refractivity contribution in [1.29, 1.82) is 0 Å². The molecule has 3 amide bonds. The zero-order valence-electron chi connectivity index (χ0n) is 26.1. The maximum absolute atomic E-state index is 13.7. The summed E-state index contributed by atoms with van der Waals surface area (Å²) in [6.45, 7) is 9.20. The van der Waals surface area contributed by atoms with Gasteiger partial charge in [0.15, 0.2) is 0 Å². The number of hydrogen-bond donors (Lipinski definition) is 3. The fourth-order valence-corrected chi connectivity index (χ4v) is 6.35. The van der Waals surface area contributed by atoms with Gasteiger partial charge in [0.05, 0.1) is 6.10 Å². The number of aliphatic hydroxyl groups is 1. The third-order valence-electron chi connectivity index (χ3n) is 9.23. The largest absolute Gasteiger partial charge is 0.489 e. The van der Waals surface area contributed by atoms with Crippen LogP contribution in [-0.4, -0.2) is 77.0 Å². The zero-order chi connectivity index (χ0) is 31.0. The van der Waals surface area contributed by atoms with Gasteiger partial charge in [0.2, 0.25) is 11.8 Å². The molecule has 9 heteroatoms. The Morgan fingerprint density at radius 3 is 2.23 bits per heavy atom. The van der Waals surface area contributed by atoms with Gasteiger partial charge in [-0.05, 0) is 60.6 Å². The third-order valence-corrected chi connectivity index (χ3v) is 9.23. The van der Waals surface area contributed by atoms with Gasteiger partial charge < -0.3 is 25.4 Å². The number of benzene rings is 2. The number of ether oxygens (including phenoxy) is 1. The molecule has 2 aromatic rings. The van der Waals surface area contributed by atoms with Crippen molar-refractivity contribution in [3.05, 3.63) is 65.2 Å². The van der Waals surface area contributed by atoms with Crippen molar-refractivity contribution in [3.8, 4) is 5.75 Å². The average molecular weight is 593 g/mol. The summed E-state index contributed by atoms with van der Waals surface area (Å²) in [6, 6.07) is 14.5. The number of hydrogen-bond acceptors (Lipinski definition) is 6. The summed E-state index contributed by atoms with van der Waals surface area (Å²) in [7, 11) is 1.61. The van der Waals surface area contributed by atoms with Crippen LogP contribution >= 0.6 is 0 Å². The van der Waals surface area contributed by atoms with Crippen molar-refractivity contribution in [2.75, 3.05) is 26.7 Å². The Balaban J connectivity index is 1.34. The second-order valence-electron chi connectivity index (χ2n) is 11.9. The van der Waals surface area contributed by atoms with E-state index in [0.29, 0.717) is 44.6 Å². The van der Waals surface area contributed by atoms with Crippen molar-refractivity contribution in [1.82, 2.24) is 20.4 Å². The van der Waals surface area contributed by atoms with E-state index in [2.05, 4.69) is 34.6 Å². The topological polar surface area (TPSA) is 111 Å². The van der Waals surface area contributed by atoms with E-state index in [1.54, 1.807) is 24.1 Å². The normalized spacial score (nSPS) is 19.4. The molecule has 0 unspecified atom stereocenters. The van der Waals surface area contributed by atoms with E-state index in [-0.39, 0.29) is 23.6 Å². The smallest absolute Gasteiger partial charge is 0.251 e. The van der Waals surface area contributed by atoms with Gasteiger partial charge in [0.1, 0.15) is 23.9 Å². The van der Waals surface area contributed by atoms with Crippen LogP contribution in [0.5, 0.6) is 5.75 Å².